The van der Waals surface area contributed by atoms with Gasteiger partial charge in [-0.3, -0.25) is 16.0 Å². The Morgan fingerprint density at radius 3 is 2.94 bits per heavy atom. The summed E-state index contributed by atoms with van der Waals surface area (Å²) in [5.41, 5.74) is 6.55. The Hall–Kier alpha value is -1.31. The summed E-state index contributed by atoms with van der Waals surface area (Å²) in [4.78, 5) is 5.36. The predicted octanol–water partition coefficient (Wildman–Crippen LogP) is 0.327. The fraction of sp³-hybridized carbons (Fsp3) is 0.444. The number of nitrogens with one attached hydrogen (secondary N) is 1. The van der Waals surface area contributed by atoms with E-state index < -0.39 is 0 Å². The van der Waals surface area contributed by atoms with Crippen LogP contribution in [0.2, 0.25) is 0 Å². The maximum atomic E-state index is 5.56. The predicted molar refractivity (Wildman–Crippen MR) is 61.6 cm³/mol. The van der Waals surface area contributed by atoms with E-state index in [2.05, 4.69) is 20.7 Å². The van der Waals surface area contributed by atoms with E-state index in [0.29, 0.717) is 6.42 Å². The standard InChI is InChI=1S/C9H14N6S/c1-6-9(16-5-11-6)8(12-10)3-7-4-15(2)14-13-7/h4-5,8,12H,3,10H2,1-2H3. The van der Waals surface area contributed by atoms with E-state index in [1.807, 2.05) is 25.7 Å². The minimum absolute atomic E-state index is 0.0456. The maximum absolute atomic E-state index is 5.56. The van der Waals surface area contributed by atoms with E-state index in [1.54, 1.807) is 16.0 Å². The first-order valence-corrected chi connectivity index (χ1v) is 5.80. The quantitative estimate of drug-likeness (QED) is 0.592. The second kappa shape index (κ2) is 4.69. The lowest BCUT2D eigenvalue weighted by atomic mass is 10.1. The van der Waals surface area contributed by atoms with Crippen molar-refractivity contribution in [3.05, 3.63) is 28.0 Å². The molecule has 0 aliphatic heterocycles. The van der Waals surface area contributed by atoms with E-state index in [-0.39, 0.29) is 6.04 Å². The van der Waals surface area contributed by atoms with Gasteiger partial charge < -0.3 is 0 Å². The maximum Gasteiger partial charge on any atom is 0.0846 e. The number of hydrazine groups is 1. The minimum Gasteiger partial charge on any atom is -0.271 e. The minimum atomic E-state index is 0.0456. The molecule has 0 spiro atoms. The number of hydrogen-bond donors (Lipinski definition) is 2. The highest BCUT2D eigenvalue weighted by Gasteiger charge is 2.16. The first-order chi connectivity index (χ1) is 7.70. The SMILES string of the molecule is Cc1ncsc1C(Cc1cn(C)nn1)NN. The molecular formula is C9H14N6S. The van der Waals surface area contributed by atoms with Crippen molar-refractivity contribution in [1.82, 2.24) is 25.4 Å². The number of aryl methyl sites for hydroxylation is 2. The molecule has 3 N–H and O–H groups in total. The topological polar surface area (TPSA) is 81.7 Å². The Labute approximate surface area is 97.5 Å². The van der Waals surface area contributed by atoms with Crippen LogP contribution in [0.5, 0.6) is 0 Å². The number of thiazole rings is 1. The van der Waals surface area contributed by atoms with Crippen LogP contribution < -0.4 is 11.3 Å². The molecule has 0 aliphatic carbocycles. The molecule has 2 aromatic heterocycles. The van der Waals surface area contributed by atoms with Crippen LogP contribution in [0.1, 0.15) is 22.3 Å². The fourth-order valence-corrected chi connectivity index (χ4v) is 2.43. The Morgan fingerprint density at radius 2 is 2.44 bits per heavy atom. The summed E-state index contributed by atoms with van der Waals surface area (Å²) in [7, 11) is 1.85. The lowest BCUT2D eigenvalue weighted by molar-refractivity contribution is 0.550. The van der Waals surface area contributed by atoms with Gasteiger partial charge in [0.2, 0.25) is 0 Å². The second-order valence-corrected chi connectivity index (χ2v) is 4.50. The third kappa shape index (κ3) is 2.26. The molecule has 6 nitrogen and oxygen atoms in total. The van der Waals surface area contributed by atoms with Crippen molar-refractivity contribution in [2.45, 2.75) is 19.4 Å². The van der Waals surface area contributed by atoms with Crippen molar-refractivity contribution in [2.75, 3.05) is 0 Å². The molecule has 0 bridgehead atoms. The van der Waals surface area contributed by atoms with E-state index in [9.17, 15) is 0 Å². The Bertz CT molecular complexity index is 462. The van der Waals surface area contributed by atoms with Gasteiger partial charge in [-0.05, 0) is 6.92 Å². The second-order valence-electron chi connectivity index (χ2n) is 3.61. The van der Waals surface area contributed by atoms with Gasteiger partial charge in [-0.1, -0.05) is 5.21 Å². The highest BCUT2D eigenvalue weighted by atomic mass is 32.1. The molecule has 2 heterocycles. The van der Waals surface area contributed by atoms with Crippen molar-refractivity contribution < 1.29 is 0 Å². The van der Waals surface area contributed by atoms with Crippen LogP contribution in [0, 0.1) is 6.92 Å². The molecule has 0 radical (unpaired) electrons. The summed E-state index contributed by atoms with van der Waals surface area (Å²) in [6.45, 7) is 1.98. The van der Waals surface area contributed by atoms with Crippen LogP contribution in [0.3, 0.4) is 0 Å². The average Bonchev–Trinajstić information content (AvgIpc) is 2.84. The molecule has 0 fully saturated rings. The lowest BCUT2D eigenvalue weighted by Crippen LogP contribution is -2.29. The fourth-order valence-electron chi connectivity index (χ4n) is 1.57. The molecule has 7 heteroatoms. The zero-order valence-electron chi connectivity index (χ0n) is 9.21. The van der Waals surface area contributed by atoms with Gasteiger partial charge in [0.1, 0.15) is 0 Å². The Morgan fingerprint density at radius 1 is 1.62 bits per heavy atom. The van der Waals surface area contributed by atoms with E-state index in [1.165, 1.54) is 0 Å². The van der Waals surface area contributed by atoms with Crippen molar-refractivity contribution in [2.24, 2.45) is 12.9 Å². The largest absolute Gasteiger partial charge is 0.271 e. The summed E-state index contributed by atoms with van der Waals surface area (Å²) >= 11 is 1.60. The third-order valence-electron chi connectivity index (χ3n) is 2.36. The van der Waals surface area contributed by atoms with E-state index in [0.717, 1.165) is 16.3 Å². The number of aromatic nitrogens is 4. The first-order valence-electron chi connectivity index (χ1n) is 4.92. The molecule has 2 aromatic rings. The Kier molecular flexibility index (Phi) is 3.28. The molecule has 1 atom stereocenters. The van der Waals surface area contributed by atoms with Gasteiger partial charge in [0, 0.05) is 24.5 Å². The van der Waals surface area contributed by atoms with Crippen LogP contribution in [-0.4, -0.2) is 20.0 Å². The molecule has 2 rings (SSSR count). The molecule has 0 aliphatic rings. The number of hydrogen-bond acceptors (Lipinski definition) is 6. The van der Waals surface area contributed by atoms with Gasteiger partial charge in [0.15, 0.2) is 0 Å². The summed E-state index contributed by atoms with van der Waals surface area (Å²) in [5, 5.41) is 7.94. The van der Waals surface area contributed by atoms with Gasteiger partial charge in [0.25, 0.3) is 0 Å². The van der Waals surface area contributed by atoms with Gasteiger partial charge in [-0.2, -0.15) is 0 Å². The van der Waals surface area contributed by atoms with Crippen LogP contribution in [0.15, 0.2) is 11.7 Å². The van der Waals surface area contributed by atoms with Crippen molar-refractivity contribution >= 4 is 11.3 Å². The monoisotopic (exact) mass is 238 g/mol. The van der Waals surface area contributed by atoms with Crippen molar-refractivity contribution in [3.63, 3.8) is 0 Å². The van der Waals surface area contributed by atoms with Gasteiger partial charge in [-0.25, -0.2) is 4.98 Å². The number of nitrogens with zero attached hydrogens (tertiary/aromatic N) is 4. The highest BCUT2D eigenvalue weighted by molar-refractivity contribution is 7.09. The van der Waals surface area contributed by atoms with Gasteiger partial charge in [0.05, 0.1) is 22.9 Å². The zero-order chi connectivity index (χ0) is 11.5. The van der Waals surface area contributed by atoms with Gasteiger partial charge >= 0.3 is 0 Å². The summed E-state index contributed by atoms with van der Waals surface area (Å²) in [6.07, 6.45) is 2.61. The third-order valence-corrected chi connectivity index (χ3v) is 3.41. The molecule has 0 aromatic carbocycles. The van der Waals surface area contributed by atoms with Crippen molar-refractivity contribution in [1.29, 1.82) is 0 Å². The van der Waals surface area contributed by atoms with Crippen molar-refractivity contribution in [3.8, 4) is 0 Å². The van der Waals surface area contributed by atoms with Crippen LogP contribution in [-0.2, 0) is 13.5 Å². The van der Waals surface area contributed by atoms with E-state index >= 15 is 0 Å². The summed E-state index contributed by atoms with van der Waals surface area (Å²) in [6, 6.07) is 0.0456. The van der Waals surface area contributed by atoms with Crippen LogP contribution in [0.4, 0.5) is 0 Å². The molecular weight excluding hydrogens is 224 g/mol. The average molecular weight is 238 g/mol. The summed E-state index contributed by atoms with van der Waals surface area (Å²) in [5.74, 6) is 5.56. The van der Waals surface area contributed by atoms with Crippen LogP contribution in [0.25, 0.3) is 0 Å². The molecule has 86 valence electrons. The highest BCUT2D eigenvalue weighted by Crippen LogP contribution is 2.23. The zero-order valence-corrected chi connectivity index (χ0v) is 10.0. The molecule has 0 saturated heterocycles. The molecule has 0 amide bonds. The normalized spacial score (nSPS) is 12.9. The smallest absolute Gasteiger partial charge is 0.0846 e. The number of rotatable bonds is 4. The number of nitrogens with two attached hydrogens (primary N) is 1. The lowest BCUT2D eigenvalue weighted by Gasteiger charge is -2.12. The Balaban J connectivity index is 2.15. The molecule has 16 heavy (non-hydrogen) atoms. The van der Waals surface area contributed by atoms with Crippen LogP contribution >= 0.6 is 11.3 Å². The molecule has 1 unspecified atom stereocenters. The summed E-state index contributed by atoms with van der Waals surface area (Å²) < 4.78 is 1.68. The van der Waals surface area contributed by atoms with E-state index in [4.69, 9.17) is 5.84 Å². The first kappa shape index (κ1) is 11.2. The van der Waals surface area contributed by atoms with Gasteiger partial charge in [-0.15, -0.1) is 16.4 Å². The molecule has 0 saturated carbocycles.